The van der Waals surface area contributed by atoms with Gasteiger partial charge in [0.25, 0.3) is 0 Å². The zero-order valence-electron chi connectivity index (χ0n) is 10.1. The summed E-state index contributed by atoms with van der Waals surface area (Å²) in [5, 5.41) is 0. The number of nitrogens with two attached hydrogens (primary N) is 1. The molecule has 0 heterocycles. The van der Waals surface area contributed by atoms with Crippen LogP contribution in [0.1, 0.15) is 5.56 Å². The minimum Gasteiger partial charge on any atom is -0.399 e. The summed E-state index contributed by atoms with van der Waals surface area (Å²) in [7, 11) is -3.99. The lowest BCUT2D eigenvalue weighted by Gasteiger charge is -2.08. The van der Waals surface area contributed by atoms with Crippen LogP contribution in [-0.4, -0.2) is 8.42 Å². The average molecular weight is 362 g/mol. The molecule has 0 unspecified atom stereocenters. The van der Waals surface area contributed by atoms with E-state index in [-0.39, 0.29) is 11.3 Å². The molecule has 2 aromatic rings. The van der Waals surface area contributed by atoms with Gasteiger partial charge >= 0.3 is 0 Å². The van der Waals surface area contributed by atoms with Crippen LogP contribution in [-0.2, 0) is 15.6 Å². The Balaban J connectivity index is 2.43. The monoisotopic (exact) mass is 361 g/mol. The number of sulfone groups is 1. The van der Waals surface area contributed by atoms with Gasteiger partial charge in [0.05, 0.1) is 5.75 Å². The number of hydrogen-bond donors (Lipinski definition) is 1. The zero-order valence-corrected chi connectivity index (χ0v) is 12.5. The van der Waals surface area contributed by atoms with E-state index in [2.05, 4.69) is 15.9 Å². The van der Waals surface area contributed by atoms with Gasteiger partial charge in [0, 0.05) is 15.7 Å². The molecular weight excluding hydrogens is 352 g/mol. The lowest BCUT2D eigenvalue weighted by molar-refractivity contribution is 0.563. The third kappa shape index (κ3) is 3.16. The second kappa shape index (κ2) is 5.49. The number of nitrogen functional groups attached to an aromatic ring is 1. The summed E-state index contributed by atoms with van der Waals surface area (Å²) in [6, 6.07) is 7.24. The molecule has 0 spiro atoms. The molecule has 2 N–H and O–H groups in total. The van der Waals surface area contributed by atoms with E-state index in [1.807, 2.05) is 0 Å². The van der Waals surface area contributed by atoms with Crippen molar-refractivity contribution in [1.82, 2.24) is 0 Å². The van der Waals surface area contributed by atoms with Crippen molar-refractivity contribution in [1.29, 1.82) is 0 Å². The standard InChI is InChI=1S/C13H10BrF2NO2S/c14-9-1-3-11(15)8(5-9)7-20(18,19)13-4-2-10(17)6-12(13)16/h1-6H,7,17H2. The Morgan fingerprint density at radius 1 is 1.05 bits per heavy atom. The van der Waals surface area contributed by atoms with Gasteiger partial charge in [0.1, 0.15) is 16.5 Å². The maximum Gasteiger partial charge on any atom is 0.185 e. The minimum absolute atomic E-state index is 0.0319. The minimum atomic E-state index is -3.99. The van der Waals surface area contributed by atoms with Gasteiger partial charge in [0.2, 0.25) is 0 Å². The molecule has 2 rings (SSSR count). The highest BCUT2D eigenvalue weighted by Gasteiger charge is 2.21. The van der Waals surface area contributed by atoms with Gasteiger partial charge < -0.3 is 5.73 Å². The predicted octanol–water partition coefficient (Wildman–Crippen LogP) is 3.28. The van der Waals surface area contributed by atoms with Crippen molar-refractivity contribution in [3.63, 3.8) is 0 Å². The first-order valence-corrected chi connectivity index (χ1v) is 7.96. The lowest BCUT2D eigenvalue weighted by atomic mass is 10.2. The van der Waals surface area contributed by atoms with Crippen LogP contribution < -0.4 is 5.73 Å². The van der Waals surface area contributed by atoms with Crippen molar-refractivity contribution >= 4 is 31.5 Å². The molecule has 7 heteroatoms. The quantitative estimate of drug-likeness (QED) is 0.853. The normalized spacial score (nSPS) is 11.6. The summed E-state index contributed by atoms with van der Waals surface area (Å²) >= 11 is 3.13. The highest BCUT2D eigenvalue weighted by molar-refractivity contribution is 9.10. The van der Waals surface area contributed by atoms with Crippen LogP contribution in [0.25, 0.3) is 0 Å². The Hall–Kier alpha value is -1.47. The van der Waals surface area contributed by atoms with E-state index in [1.54, 1.807) is 0 Å². The Morgan fingerprint density at radius 2 is 1.75 bits per heavy atom. The summed E-state index contributed by atoms with van der Waals surface area (Å²) in [6.07, 6.45) is 0. The molecule has 0 atom stereocenters. The van der Waals surface area contributed by atoms with Gasteiger partial charge in [0.15, 0.2) is 9.84 Å². The molecule has 0 aliphatic rings. The van der Waals surface area contributed by atoms with Crippen molar-refractivity contribution in [2.75, 3.05) is 5.73 Å². The van der Waals surface area contributed by atoms with Gasteiger partial charge in [-0.25, -0.2) is 17.2 Å². The molecule has 0 aliphatic carbocycles. The van der Waals surface area contributed by atoms with Crippen LogP contribution in [0, 0.1) is 11.6 Å². The van der Waals surface area contributed by atoms with Crippen molar-refractivity contribution in [2.24, 2.45) is 0 Å². The Morgan fingerprint density at radius 3 is 2.40 bits per heavy atom. The third-order valence-electron chi connectivity index (χ3n) is 2.64. The first-order chi connectivity index (χ1) is 9.29. The topological polar surface area (TPSA) is 60.2 Å². The number of benzene rings is 2. The van der Waals surface area contributed by atoms with Gasteiger partial charge in [-0.05, 0) is 36.4 Å². The molecule has 106 valence electrons. The van der Waals surface area contributed by atoms with E-state index in [9.17, 15) is 17.2 Å². The average Bonchev–Trinajstić information content (AvgIpc) is 2.33. The number of rotatable bonds is 3. The Kier molecular flexibility index (Phi) is 4.10. The summed E-state index contributed by atoms with van der Waals surface area (Å²) < 4.78 is 52.1. The maximum atomic E-state index is 13.7. The van der Waals surface area contributed by atoms with Crippen LogP contribution in [0.4, 0.5) is 14.5 Å². The molecule has 20 heavy (non-hydrogen) atoms. The van der Waals surface area contributed by atoms with Crippen molar-refractivity contribution in [3.05, 3.63) is 58.1 Å². The lowest BCUT2D eigenvalue weighted by Crippen LogP contribution is -2.09. The zero-order chi connectivity index (χ0) is 14.9. The van der Waals surface area contributed by atoms with Crippen molar-refractivity contribution in [2.45, 2.75) is 10.6 Å². The Bertz CT molecular complexity index is 763. The van der Waals surface area contributed by atoms with E-state index in [0.29, 0.717) is 4.47 Å². The maximum absolute atomic E-state index is 13.7. The molecule has 0 bridgehead atoms. The molecule has 0 radical (unpaired) electrons. The smallest absolute Gasteiger partial charge is 0.185 e. The van der Waals surface area contributed by atoms with E-state index in [1.165, 1.54) is 18.2 Å². The third-order valence-corrected chi connectivity index (χ3v) is 4.83. The van der Waals surface area contributed by atoms with E-state index in [0.717, 1.165) is 18.2 Å². The Labute approximate surface area is 123 Å². The van der Waals surface area contributed by atoms with Crippen LogP contribution in [0.5, 0.6) is 0 Å². The van der Waals surface area contributed by atoms with Crippen LogP contribution in [0.3, 0.4) is 0 Å². The van der Waals surface area contributed by atoms with E-state index in [4.69, 9.17) is 5.73 Å². The largest absolute Gasteiger partial charge is 0.399 e. The van der Waals surface area contributed by atoms with E-state index >= 15 is 0 Å². The molecule has 0 saturated carbocycles. The fraction of sp³-hybridized carbons (Fsp3) is 0.0769. The number of halogens is 3. The fourth-order valence-electron chi connectivity index (χ4n) is 1.71. The van der Waals surface area contributed by atoms with Crippen molar-refractivity contribution < 1.29 is 17.2 Å². The van der Waals surface area contributed by atoms with Crippen molar-refractivity contribution in [3.8, 4) is 0 Å². The second-order valence-electron chi connectivity index (χ2n) is 4.18. The first kappa shape index (κ1) is 14.9. The predicted molar refractivity (Wildman–Crippen MR) is 75.8 cm³/mol. The highest BCUT2D eigenvalue weighted by Crippen LogP contribution is 2.24. The molecule has 0 fully saturated rings. The summed E-state index contributed by atoms with van der Waals surface area (Å²) in [5.74, 6) is -2.23. The molecular formula is C13H10BrF2NO2S. The molecule has 0 saturated heterocycles. The van der Waals surface area contributed by atoms with Gasteiger partial charge in [-0.3, -0.25) is 0 Å². The fourth-order valence-corrected chi connectivity index (χ4v) is 3.53. The molecule has 0 amide bonds. The van der Waals surface area contributed by atoms with Gasteiger partial charge in [-0.15, -0.1) is 0 Å². The number of anilines is 1. The van der Waals surface area contributed by atoms with E-state index < -0.39 is 32.1 Å². The highest BCUT2D eigenvalue weighted by atomic mass is 79.9. The molecule has 0 aromatic heterocycles. The molecule has 2 aromatic carbocycles. The SMILES string of the molecule is Nc1ccc(S(=O)(=O)Cc2cc(Br)ccc2F)c(F)c1. The van der Waals surface area contributed by atoms with Gasteiger partial charge in [-0.2, -0.15) is 0 Å². The summed E-state index contributed by atoms with van der Waals surface area (Å²) in [6.45, 7) is 0. The number of hydrogen-bond acceptors (Lipinski definition) is 3. The van der Waals surface area contributed by atoms with Crippen LogP contribution in [0.15, 0.2) is 45.8 Å². The molecule has 3 nitrogen and oxygen atoms in total. The summed E-state index contributed by atoms with van der Waals surface area (Å²) in [5.41, 5.74) is 5.45. The summed E-state index contributed by atoms with van der Waals surface area (Å²) in [4.78, 5) is -0.494. The molecule has 0 aliphatic heterocycles. The van der Waals surface area contributed by atoms with Crippen LogP contribution in [0.2, 0.25) is 0 Å². The second-order valence-corrected chi connectivity index (χ2v) is 7.06. The van der Waals surface area contributed by atoms with Gasteiger partial charge in [-0.1, -0.05) is 15.9 Å². The first-order valence-electron chi connectivity index (χ1n) is 5.51. The van der Waals surface area contributed by atoms with Crippen LogP contribution >= 0.6 is 15.9 Å².